The molecular formula is C10H18N2O3. The Morgan fingerprint density at radius 1 is 1.40 bits per heavy atom. The smallest absolute Gasteiger partial charge is 0.328 e. The number of rotatable bonds is 4. The van der Waals surface area contributed by atoms with Crippen molar-refractivity contribution in [2.75, 3.05) is 7.11 Å². The van der Waals surface area contributed by atoms with E-state index in [1.54, 1.807) is 0 Å². The molecule has 0 bridgehead atoms. The Hall–Kier alpha value is -1.10. The zero-order chi connectivity index (χ0) is 11.6. The zero-order valence-electron chi connectivity index (χ0n) is 9.37. The maximum Gasteiger partial charge on any atom is 0.328 e. The Kier molecular flexibility index (Phi) is 3.34. The van der Waals surface area contributed by atoms with Gasteiger partial charge in [-0.25, -0.2) is 4.79 Å². The number of ether oxygens (including phenoxy) is 1. The van der Waals surface area contributed by atoms with E-state index < -0.39 is 17.6 Å². The molecule has 1 fully saturated rings. The second kappa shape index (κ2) is 4.18. The molecule has 0 aliphatic heterocycles. The van der Waals surface area contributed by atoms with E-state index >= 15 is 0 Å². The summed E-state index contributed by atoms with van der Waals surface area (Å²) in [5.41, 5.74) is 4.97. The molecule has 5 nitrogen and oxygen atoms in total. The van der Waals surface area contributed by atoms with Gasteiger partial charge in [0.15, 0.2) is 0 Å². The number of nitrogens with one attached hydrogen (secondary N) is 1. The SMILES string of the molecule is COC(=O)C(NC(=O)C1(N)CC1)C(C)C. The summed E-state index contributed by atoms with van der Waals surface area (Å²) in [6.45, 7) is 3.69. The van der Waals surface area contributed by atoms with Crippen LogP contribution in [0.1, 0.15) is 26.7 Å². The molecule has 86 valence electrons. The molecule has 1 amide bonds. The molecule has 3 N–H and O–H groups in total. The Balaban J connectivity index is 2.59. The quantitative estimate of drug-likeness (QED) is 0.634. The van der Waals surface area contributed by atoms with Crippen molar-refractivity contribution in [1.29, 1.82) is 0 Å². The monoisotopic (exact) mass is 214 g/mol. The van der Waals surface area contributed by atoms with Crippen molar-refractivity contribution in [2.24, 2.45) is 11.7 Å². The van der Waals surface area contributed by atoms with Crippen molar-refractivity contribution in [2.45, 2.75) is 38.3 Å². The van der Waals surface area contributed by atoms with Gasteiger partial charge in [0, 0.05) is 0 Å². The van der Waals surface area contributed by atoms with Crippen LogP contribution in [0.25, 0.3) is 0 Å². The van der Waals surface area contributed by atoms with Crippen LogP contribution in [0.15, 0.2) is 0 Å². The van der Waals surface area contributed by atoms with Crippen LogP contribution in [0.2, 0.25) is 0 Å². The molecule has 1 aliphatic rings. The van der Waals surface area contributed by atoms with Crippen molar-refractivity contribution in [3.05, 3.63) is 0 Å². The van der Waals surface area contributed by atoms with Crippen LogP contribution in [0.5, 0.6) is 0 Å². The summed E-state index contributed by atoms with van der Waals surface area (Å²) in [7, 11) is 1.30. The van der Waals surface area contributed by atoms with E-state index in [0.29, 0.717) is 12.8 Å². The first-order chi connectivity index (χ1) is 6.90. The van der Waals surface area contributed by atoms with Crippen molar-refractivity contribution >= 4 is 11.9 Å². The number of carbonyl (C=O) groups is 2. The number of amides is 1. The van der Waals surface area contributed by atoms with Crippen molar-refractivity contribution in [1.82, 2.24) is 5.32 Å². The molecule has 0 aromatic carbocycles. The van der Waals surface area contributed by atoms with Gasteiger partial charge in [0.25, 0.3) is 0 Å². The topological polar surface area (TPSA) is 81.4 Å². The maximum atomic E-state index is 11.6. The average Bonchev–Trinajstić information content (AvgIpc) is 2.92. The number of esters is 1. The van der Waals surface area contributed by atoms with E-state index in [4.69, 9.17) is 5.73 Å². The molecule has 15 heavy (non-hydrogen) atoms. The average molecular weight is 214 g/mol. The van der Waals surface area contributed by atoms with Crippen molar-refractivity contribution in [3.8, 4) is 0 Å². The van der Waals surface area contributed by atoms with E-state index in [-0.39, 0.29) is 11.8 Å². The van der Waals surface area contributed by atoms with Gasteiger partial charge in [0.05, 0.1) is 12.6 Å². The lowest BCUT2D eigenvalue weighted by atomic mass is 10.0. The highest BCUT2D eigenvalue weighted by molar-refractivity contribution is 5.92. The molecule has 1 saturated carbocycles. The summed E-state index contributed by atoms with van der Waals surface area (Å²) >= 11 is 0. The fraction of sp³-hybridized carbons (Fsp3) is 0.800. The highest BCUT2D eigenvalue weighted by Crippen LogP contribution is 2.32. The van der Waals surface area contributed by atoms with Gasteiger partial charge < -0.3 is 15.8 Å². The Labute approximate surface area is 89.3 Å². The maximum absolute atomic E-state index is 11.6. The second-order valence-corrected chi connectivity index (χ2v) is 4.37. The van der Waals surface area contributed by atoms with Gasteiger partial charge in [-0.3, -0.25) is 4.79 Å². The lowest BCUT2D eigenvalue weighted by Crippen LogP contribution is -2.52. The van der Waals surface area contributed by atoms with Crippen LogP contribution < -0.4 is 11.1 Å². The zero-order valence-corrected chi connectivity index (χ0v) is 9.37. The normalized spacial score (nSPS) is 19.5. The molecule has 0 aromatic heterocycles. The summed E-state index contributed by atoms with van der Waals surface area (Å²) in [5, 5.41) is 2.63. The number of hydrogen-bond donors (Lipinski definition) is 2. The minimum Gasteiger partial charge on any atom is -0.467 e. The predicted molar refractivity (Wildman–Crippen MR) is 54.9 cm³/mol. The molecule has 1 atom stereocenters. The number of nitrogens with two attached hydrogens (primary N) is 1. The molecule has 0 aromatic rings. The van der Waals surface area contributed by atoms with E-state index in [9.17, 15) is 9.59 Å². The van der Waals surface area contributed by atoms with Crippen molar-refractivity contribution in [3.63, 3.8) is 0 Å². The molecule has 0 radical (unpaired) electrons. The Morgan fingerprint density at radius 3 is 2.27 bits per heavy atom. The van der Waals surface area contributed by atoms with Crippen LogP contribution in [0.4, 0.5) is 0 Å². The summed E-state index contributed by atoms with van der Waals surface area (Å²) in [4.78, 5) is 23.0. The third-order valence-corrected chi connectivity index (χ3v) is 2.65. The second-order valence-electron chi connectivity index (χ2n) is 4.37. The lowest BCUT2D eigenvalue weighted by Gasteiger charge is -2.21. The molecule has 0 spiro atoms. The van der Waals surface area contributed by atoms with Crippen LogP contribution in [-0.2, 0) is 14.3 Å². The van der Waals surface area contributed by atoms with Gasteiger partial charge in [-0.15, -0.1) is 0 Å². The minimum absolute atomic E-state index is 0.0104. The molecule has 0 saturated heterocycles. The molecular weight excluding hydrogens is 196 g/mol. The number of methoxy groups -OCH3 is 1. The van der Waals surface area contributed by atoms with Gasteiger partial charge in [-0.2, -0.15) is 0 Å². The lowest BCUT2D eigenvalue weighted by molar-refractivity contribution is -0.146. The Morgan fingerprint density at radius 2 is 1.93 bits per heavy atom. The summed E-state index contributed by atoms with van der Waals surface area (Å²) in [5.74, 6) is -0.696. The van der Waals surface area contributed by atoms with Crippen LogP contribution in [0, 0.1) is 5.92 Å². The molecule has 1 unspecified atom stereocenters. The third-order valence-electron chi connectivity index (χ3n) is 2.65. The fourth-order valence-electron chi connectivity index (χ4n) is 1.27. The van der Waals surface area contributed by atoms with Crippen LogP contribution in [0.3, 0.4) is 0 Å². The van der Waals surface area contributed by atoms with E-state index in [1.165, 1.54) is 7.11 Å². The summed E-state index contributed by atoms with van der Waals surface area (Å²) in [6.07, 6.45) is 1.37. The fourth-order valence-corrected chi connectivity index (χ4v) is 1.27. The van der Waals surface area contributed by atoms with Gasteiger partial charge in [-0.05, 0) is 18.8 Å². The molecule has 5 heteroatoms. The first-order valence-electron chi connectivity index (χ1n) is 5.08. The first-order valence-corrected chi connectivity index (χ1v) is 5.08. The van der Waals surface area contributed by atoms with Crippen molar-refractivity contribution < 1.29 is 14.3 Å². The third kappa shape index (κ3) is 2.68. The standard InChI is InChI=1S/C10H18N2O3/c1-6(2)7(8(13)15-3)12-9(14)10(11)4-5-10/h6-7H,4-5,11H2,1-3H3,(H,12,14). The van der Waals surface area contributed by atoms with Crippen LogP contribution >= 0.6 is 0 Å². The van der Waals surface area contributed by atoms with E-state index in [2.05, 4.69) is 10.1 Å². The summed E-state index contributed by atoms with van der Waals surface area (Å²) in [6, 6.07) is -0.608. The van der Waals surface area contributed by atoms with E-state index in [1.807, 2.05) is 13.8 Å². The highest BCUT2D eigenvalue weighted by atomic mass is 16.5. The number of carbonyl (C=O) groups excluding carboxylic acids is 2. The Bertz CT molecular complexity index is 272. The van der Waals surface area contributed by atoms with Gasteiger partial charge in [0.2, 0.25) is 5.91 Å². The molecule has 0 heterocycles. The first kappa shape index (κ1) is 12.0. The largest absolute Gasteiger partial charge is 0.467 e. The summed E-state index contributed by atoms with van der Waals surface area (Å²) < 4.78 is 4.61. The molecule has 1 rings (SSSR count). The van der Waals surface area contributed by atoms with Crippen LogP contribution in [-0.4, -0.2) is 30.6 Å². The minimum atomic E-state index is -0.749. The van der Waals surface area contributed by atoms with Gasteiger partial charge >= 0.3 is 5.97 Å². The molecule has 1 aliphatic carbocycles. The predicted octanol–water partition coefficient (Wildman–Crippen LogP) is -0.208. The van der Waals surface area contributed by atoms with Gasteiger partial charge in [-0.1, -0.05) is 13.8 Å². The van der Waals surface area contributed by atoms with E-state index in [0.717, 1.165) is 0 Å². The van der Waals surface area contributed by atoms with Gasteiger partial charge in [0.1, 0.15) is 6.04 Å². The highest BCUT2D eigenvalue weighted by Gasteiger charge is 2.47. The number of hydrogen-bond acceptors (Lipinski definition) is 4.